The molecule has 8 N–H and O–H groups in total. The van der Waals surface area contributed by atoms with Crippen LogP contribution < -0.4 is 16.4 Å². The van der Waals surface area contributed by atoms with E-state index in [1.54, 1.807) is 54.6 Å². The second-order valence-corrected chi connectivity index (χ2v) is 15.4. The van der Waals surface area contributed by atoms with Crippen molar-refractivity contribution in [1.29, 1.82) is 0 Å². The number of aliphatic hydroxyl groups excluding tert-OH is 1. The van der Waals surface area contributed by atoms with E-state index in [0.717, 1.165) is 5.56 Å². The van der Waals surface area contributed by atoms with Crippen LogP contribution in [0.1, 0.15) is 48.0 Å². The van der Waals surface area contributed by atoms with Gasteiger partial charge in [-0.15, -0.1) is 23.5 Å². The third kappa shape index (κ3) is 12.9. The molecule has 0 spiro atoms. The molecule has 2 aromatic carbocycles. The SMILES string of the molecule is N[C@@H](CCC(=O)N[C@@H](CSC(CC(=O)c1ccccc1)(CN1CCC(O)(c2ccc(Cl)cc2)CC1)SCCO)C(=O)NCC(=O)O)C(=O)O. The van der Waals surface area contributed by atoms with Crippen molar-refractivity contribution in [2.24, 2.45) is 5.73 Å². The average Bonchev–Trinajstić information content (AvgIpc) is 3.08. The number of halogens is 1. The molecule has 0 saturated carbocycles. The maximum Gasteiger partial charge on any atom is 0.322 e. The number of benzene rings is 2. The van der Waals surface area contributed by atoms with Crippen LogP contribution in [0.4, 0.5) is 0 Å². The second kappa shape index (κ2) is 19.3. The van der Waals surface area contributed by atoms with E-state index in [1.165, 1.54) is 23.5 Å². The van der Waals surface area contributed by atoms with Crippen molar-refractivity contribution in [3.05, 3.63) is 70.7 Å². The number of Topliss-reactive ketones (excluding diaryl/α,β-unsaturated/α-hetero) is 1. The molecule has 1 aliphatic heterocycles. The number of aliphatic hydroxyl groups is 2. The maximum absolute atomic E-state index is 13.7. The molecule has 1 fully saturated rings. The van der Waals surface area contributed by atoms with Gasteiger partial charge in [0, 0.05) is 54.6 Å². The number of hydrogen-bond acceptors (Lipinski definition) is 11. The number of aliphatic carboxylic acids is 2. The lowest BCUT2D eigenvalue weighted by Crippen LogP contribution is -2.51. The van der Waals surface area contributed by atoms with E-state index in [0.29, 0.717) is 43.1 Å². The molecule has 1 unspecified atom stereocenters. The normalized spacial score (nSPS) is 16.9. The van der Waals surface area contributed by atoms with Crippen LogP contribution in [0.3, 0.4) is 0 Å². The van der Waals surface area contributed by atoms with Crippen LogP contribution in [0, 0.1) is 0 Å². The standard InChI is InChI=1S/C33H43ClN4O9S2/c34-24-8-6-23(7-9-24)32(47)12-14-38(15-13-32)21-33(48-17-16-39,18-27(40)22-4-2-1-3-5-22)49-20-26(30(44)36-19-29(42)43)37-28(41)11-10-25(35)31(45)46/h1-9,25-26,39,47H,10-21,35H2,(H,36,44)(H,37,41)(H,42,43)(H,45,46)/t25-,26-,33?/m0/s1. The molecule has 13 nitrogen and oxygen atoms in total. The van der Waals surface area contributed by atoms with Gasteiger partial charge in [0.05, 0.1) is 16.3 Å². The van der Waals surface area contributed by atoms with E-state index in [1.807, 2.05) is 0 Å². The monoisotopic (exact) mass is 738 g/mol. The molecule has 1 aliphatic rings. The highest BCUT2D eigenvalue weighted by Crippen LogP contribution is 2.44. The Bertz CT molecular complexity index is 1430. The number of thioether (sulfide) groups is 2. The van der Waals surface area contributed by atoms with Gasteiger partial charge < -0.3 is 41.7 Å². The Morgan fingerprint density at radius 2 is 1.65 bits per heavy atom. The number of rotatable bonds is 20. The number of piperidine rings is 1. The quantitative estimate of drug-likeness (QED) is 0.0764. The minimum Gasteiger partial charge on any atom is -0.480 e. The molecule has 16 heteroatoms. The summed E-state index contributed by atoms with van der Waals surface area (Å²) in [5, 5.41) is 44.9. The van der Waals surface area contributed by atoms with Crippen molar-refractivity contribution in [3.63, 3.8) is 0 Å². The molecule has 0 radical (unpaired) electrons. The van der Waals surface area contributed by atoms with Gasteiger partial charge in [0.15, 0.2) is 5.78 Å². The number of likely N-dealkylation sites (tertiary alicyclic amines) is 1. The minimum atomic E-state index is -1.29. The zero-order valence-electron chi connectivity index (χ0n) is 26.9. The summed E-state index contributed by atoms with van der Waals surface area (Å²) in [5.41, 5.74) is 5.68. The van der Waals surface area contributed by atoms with Gasteiger partial charge in [0.25, 0.3) is 0 Å². The van der Waals surface area contributed by atoms with Gasteiger partial charge in [-0.3, -0.25) is 24.0 Å². The number of amides is 2. The first kappa shape index (κ1) is 40.3. The highest BCUT2D eigenvalue weighted by Gasteiger charge is 2.41. The summed E-state index contributed by atoms with van der Waals surface area (Å²) < 4.78 is -0.951. The average molecular weight is 739 g/mol. The topological polar surface area (TPSA) is 220 Å². The number of carboxylic acids is 2. The Kier molecular flexibility index (Phi) is 15.8. The van der Waals surface area contributed by atoms with Crippen molar-refractivity contribution in [1.82, 2.24) is 15.5 Å². The van der Waals surface area contributed by atoms with Crippen molar-refractivity contribution in [3.8, 4) is 0 Å². The lowest BCUT2D eigenvalue weighted by molar-refractivity contribution is -0.139. The molecule has 3 atom stereocenters. The van der Waals surface area contributed by atoms with E-state index in [4.69, 9.17) is 27.5 Å². The fourth-order valence-corrected chi connectivity index (χ4v) is 8.44. The van der Waals surface area contributed by atoms with Crippen LogP contribution in [0.2, 0.25) is 5.02 Å². The molecule has 0 bridgehead atoms. The first-order chi connectivity index (χ1) is 23.3. The number of carbonyl (C=O) groups is 5. The molecule has 3 rings (SSSR count). The van der Waals surface area contributed by atoms with E-state index in [9.17, 15) is 34.2 Å². The summed E-state index contributed by atoms with van der Waals surface area (Å²) in [4.78, 5) is 64.0. The Balaban J connectivity index is 1.87. The lowest BCUT2D eigenvalue weighted by Gasteiger charge is -2.43. The summed E-state index contributed by atoms with van der Waals surface area (Å²) in [7, 11) is 0. The molecule has 1 heterocycles. The van der Waals surface area contributed by atoms with Gasteiger partial charge in [-0.1, -0.05) is 54.1 Å². The van der Waals surface area contributed by atoms with E-state index < -0.39 is 52.1 Å². The number of hydrogen-bond donors (Lipinski definition) is 7. The highest BCUT2D eigenvalue weighted by atomic mass is 35.5. The molecule has 1 saturated heterocycles. The van der Waals surface area contributed by atoms with Crippen molar-refractivity contribution >= 4 is 64.7 Å². The van der Waals surface area contributed by atoms with Crippen LogP contribution in [0.15, 0.2) is 54.6 Å². The van der Waals surface area contributed by atoms with Crippen LogP contribution in [-0.2, 0) is 24.8 Å². The van der Waals surface area contributed by atoms with E-state index in [2.05, 4.69) is 15.5 Å². The third-order valence-corrected chi connectivity index (χ3v) is 11.5. The number of carbonyl (C=O) groups excluding carboxylic acids is 3. The van der Waals surface area contributed by atoms with Gasteiger partial charge in [-0.05, 0) is 37.0 Å². The number of nitrogens with one attached hydrogen (secondary N) is 2. The van der Waals surface area contributed by atoms with Gasteiger partial charge in [-0.2, -0.15) is 0 Å². The number of ketones is 1. The van der Waals surface area contributed by atoms with E-state index >= 15 is 0 Å². The Hall–Kier alpha value is -3.18. The fourth-order valence-electron chi connectivity index (χ4n) is 5.34. The second-order valence-electron chi connectivity index (χ2n) is 11.8. The zero-order chi connectivity index (χ0) is 36.0. The first-order valence-electron chi connectivity index (χ1n) is 15.7. The predicted molar refractivity (Wildman–Crippen MR) is 189 cm³/mol. The Labute approximate surface area is 298 Å². The molecule has 49 heavy (non-hydrogen) atoms. The van der Waals surface area contributed by atoms with Gasteiger partial charge in [0.2, 0.25) is 11.8 Å². The Morgan fingerprint density at radius 1 is 1.00 bits per heavy atom. The highest BCUT2D eigenvalue weighted by molar-refractivity contribution is 8.18. The first-order valence-corrected chi connectivity index (χ1v) is 18.1. The van der Waals surface area contributed by atoms with Crippen molar-refractivity contribution < 1.29 is 44.4 Å². The van der Waals surface area contributed by atoms with E-state index in [-0.39, 0.29) is 43.2 Å². The van der Waals surface area contributed by atoms with Crippen molar-refractivity contribution in [2.45, 2.75) is 53.9 Å². The smallest absolute Gasteiger partial charge is 0.322 e. The minimum absolute atomic E-state index is 0.00479. The number of nitrogens with two attached hydrogens (primary N) is 1. The zero-order valence-corrected chi connectivity index (χ0v) is 29.3. The fraction of sp³-hybridized carbons (Fsp3) is 0.485. The Morgan fingerprint density at radius 3 is 2.24 bits per heavy atom. The van der Waals surface area contributed by atoms with Crippen LogP contribution in [0.5, 0.6) is 0 Å². The van der Waals surface area contributed by atoms with Gasteiger partial charge >= 0.3 is 11.9 Å². The molecule has 2 amide bonds. The summed E-state index contributed by atoms with van der Waals surface area (Å²) in [5.74, 6) is -3.99. The van der Waals surface area contributed by atoms with Gasteiger partial charge in [0.1, 0.15) is 18.6 Å². The summed E-state index contributed by atoms with van der Waals surface area (Å²) in [6, 6.07) is 13.2. The summed E-state index contributed by atoms with van der Waals surface area (Å²) >= 11 is 8.63. The molecule has 268 valence electrons. The largest absolute Gasteiger partial charge is 0.480 e. The van der Waals surface area contributed by atoms with Gasteiger partial charge in [-0.25, -0.2) is 0 Å². The van der Waals surface area contributed by atoms with Crippen molar-refractivity contribution in [2.75, 3.05) is 44.3 Å². The lowest BCUT2D eigenvalue weighted by atomic mass is 9.84. The predicted octanol–water partition coefficient (Wildman–Crippen LogP) is 1.93. The summed E-state index contributed by atoms with van der Waals surface area (Å²) in [6.45, 7) is 0.392. The van der Waals surface area contributed by atoms with Crippen LogP contribution >= 0.6 is 35.1 Å². The summed E-state index contributed by atoms with van der Waals surface area (Å²) in [6.07, 6.45) is 0.330. The maximum atomic E-state index is 13.7. The van der Waals surface area contributed by atoms with Crippen LogP contribution in [0.25, 0.3) is 0 Å². The molecular weight excluding hydrogens is 696 g/mol. The van der Waals surface area contributed by atoms with Crippen LogP contribution in [-0.4, -0.2) is 115 Å². The molecule has 0 aromatic heterocycles. The molecular formula is C33H43ClN4O9S2. The molecule has 2 aromatic rings. The number of nitrogens with zero attached hydrogens (tertiary/aromatic N) is 1. The number of carboxylic acid groups (broad SMARTS) is 2. The molecule has 0 aliphatic carbocycles. The third-order valence-electron chi connectivity index (χ3n) is 8.09.